The second kappa shape index (κ2) is 11.8. The van der Waals surface area contributed by atoms with E-state index in [0.29, 0.717) is 5.78 Å². The van der Waals surface area contributed by atoms with Crippen molar-refractivity contribution in [3.8, 4) is 0 Å². The number of hydrogen-bond donors (Lipinski definition) is 0. The van der Waals surface area contributed by atoms with Gasteiger partial charge in [-0.1, -0.05) is 39.3 Å². The number of ketones is 1. The van der Waals surface area contributed by atoms with Crippen molar-refractivity contribution in [3.05, 3.63) is 41.5 Å². The Labute approximate surface area is 157 Å². The summed E-state index contributed by atoms with van der Waals surface area (Å²) in [5.74, 6) is 0.452. The van der Waals surface area contributed by atoms with Crippen molar-refractivity contribution < 1.29 is 35.8 Å². The number of fused-ring (bicyclic) bond motifs is 1. The van der Waals surface area contributed by atoms with Crippen LogP contribution in [0.2, 0.25) is 39.3 Å². The summed E-state index contributed by atoms with van der Waals surface area (Å²) in [5, 5.41) is 2.53. The predicted octanol–water partition coefficient (Wildman–Crippen LogP) is 3.99. The Morgan fingerprint density at radius 2 is 0.958 bits per heavy atom. The van der Waals surface area contributed by atoms with Gasteiger partial charge in [-0.2, -0.15) is 0 Å². The Kier molecular flexibility index (Phi) is 13.8. The summed E-state index contributed by atoms with van der Waals surface area (Å²) in [6.45, 7) is 27.4. The minimum absolute atomic E-state index is 0. The predicted molar refractivity (Wildman–Crippen MR) is 91.4 cm³/mol. The van der Waals surface area contributed by atoms with Crippen LogP contribution in [-0.2, 0) is 35.8 Å². The molecule has 0 heterocycles. The minimum atomic E-state index is -1.48. The van der Waals surface area contributed by atoms with Gasteiger partial charge in [0.05, 0.1) is 16.1 Å². The molecule has 0 N–H and O–H groups in total. The summed E-state index contributed by atoms with van der Waals surface area (Å²) < 4.78 is 22.5. The summed E-state index contributed by atoms with van der Waals surface area (Å²) in [5.41, 5.74) is 2.96. The maximum atomic E-state index is 12.8. The molecule has 0 aromatic heterocycles. The van der Waals surface area contributed by atoms with E-state index in [9.17, 15) is 4.79 Å². The van der Waals surface area contributed by atoms with Crippen LogP contribution < -0.4 is 0 Å². The molecule has 1 fully saturated rings. The quantitative estimate of drug-likeness (QED) is 0.390. The minimum Gasteiger partial charge on any atom is 0 e. The molecule has 2 aliphatic rings. The smallest absolute Gasteiger partial charge is 0 e. The second-order valence-corrected chi connectivity index (χ2v) is 17.4. The van der Waals surface area contributed by atoms with Gasteiger partial charge in [0.2, 0.25) is 0 Å². The maximum Gasteiger partial charge on any atom is 0 e. The van der Waals surface area contributed by atoms with Crippen molar-refractivity contribution in [2.75, 3.05) is 0 Å². The molecule has 2 aliphatic carbocycles. The zero-order valence-corrected chi connectivity index (χ0v) is 18.2. The van der Waals surface area contributed by atoms with E-state index in [0.717, 1.165) is 12.8 Å². The second-order valence-electron chi connectivity index (χ2n) is 7.39. The topological polar surface area (TPSA) is 76.8 Å². The largest absolute Gasteiger partial charge is 0 e. The van der Waals surface area contributed by atoms with Crippen LogP contribution in [0.3, 0.4) is 0 Å². The van der Waals surface area contributed by atoms with Crippen LogP contribution in [0.15, 0.2) is 21.5 Å². The third-order valence-corrected chi connectivity index (χ3v) is 7.83. The van der Waals surface area contributed by atoms with Gasteiger partial charge in [0, 0.05) is 17.1 Å². The SMILES string of the molecule is C[Si](C)(C)C1=C2CCCC2=C([Si](C)(C)C)C1=O.[C-]#[O+].[C-]#[O+].[C-]#[O+].[Fe]. The molecule has 2 rings (SSSR count). The molecule has 1 saturated carbocycles. The molecule has 0 aromatic rings. The van der Waals surface area contributed by atoms with Gasteiger partial charge in [-0.25, -0.2) is 0 Å². The number of rotatable bonds is 2. The molecule has 4 nitrogen and oxygen atoms in total. The number of Topliss-reactive ketones (excluding diaryl/α,β-unsaturated/α-hetero) is 1. The summed E-state index contributed by atoms with van der Waals surface area (Å²) in [4.78, 5) is 12.8. The van der Waals surface area contributed by atoms with Crippen LogP contribution in [0.5, 0.6) is 0 Å². The number of carbonyl (C=O) groups excluding carboxylic acids is 1. The monoisotopic (exact) mass is 404 g/mol. The molecule has 0 atom stereocenters. The normalized spacial score (nSPS) is 15.6. The zero-order valence-electron chi connectivity index (χ0n) is 15.1. The van der Waals surface area contributed by atoms with E-state index in [2.05, 4.69) is 59.2 Å². The third kappa shape index (κ3) is 6.32. The number of hydrogen-bond acceptors (Lipinski definition) is 1. The van der Waals surface area contributed by atoms with Gasteiger partial charge in [0.1, 0.15) is 0 Å². The fourth-order valence-corrected chi connectivity index (χ4v) is 7.38. The average Bonchev–Trinajstić information content (AvgIpc) is 3.01. The van der Waals surface area contributed by atoms with Gasteiger partial charge < -0.3 is 0 Å². The van der Waals surface area contributed by atoms with Crippen molar-refractivity contribution in [1.82, 2.24) is 0 Å². The summed E-state index contributed by atoms with van der Waals surface area (Å²) in [6, 6.07) is 0. The zero-order chi connectivity index (χ0) is 19.0. The van der Waals surface area contributed by atoms with Crippen LogP contribution >= 0.6 is 0 Å². The van der Waals surface area contributed by atoms with E-state index in [1.54, 1.807) is 0 Å². The molecular weight excluding hydrogens is 380 g/mol. The number of carbonyl (C=O) groups is 1. The molecule has 0 radical (unpaired) electrons. The Hall–Kier alpha value is -0.677. The first-order chi connectivity index (χ1) is 10.6. The van der Waals surface area contributed by atoms with E-state index >= 15 is 0 Å². The van der Waals surface area contributed by atoms with Crippen LogP contribution in [0.1, 0.15) is 19.3 Å². The van der Waals surface area contributed by atoms with Gasteiger partial charge in [-0.05, 0) is 40.8 Å². The van der Waals surface area contributed by atoms with E-state index in [4.69, 9.17) is 14.0 Å². The Morgan fingerprint density at radius 3 is 1.17 bits per heavy atom. The summed E-state index contributed by atoms with van der Waals surface area (Å²) in [7, 11) is -2.97. The Bertz CT molecular complexity index is 516. The van der Waals surface area contributed by atoms with Crippen LogP contribution in [0.25, 0.3) is 0 Å². The van der Waals surface area contributed by atoms with Gasteiger partial charge in [-0.15, -0.1) is 0 Å². The van der Waals surface area contributed by atoms with Gasteiger partial charge in [0.15, 0.2) is 5.78 Å². The molecule has 0 bridgehead atoms. The number of allylic oxidation sites excluding steroid dienone is 4. The first kappa shape index (κ1) is 28.1. The molecule has 132 valence electrons. The Morgan fingerprint density at radius 1 is 0.708 bits per heavy atom. The molecule has 0 aliphatic heterocycles. The summed E-state index contributed by atoms with van der Waals surface area (Å²) >= 11 is 0. The van der Waals surface area contributed by atoms with Gasteiger partial charge in [0.25, 0.3) is 0 Å². The molecule has 0 spiro atoms. The first-order valence-electron chi connectivity index (χ1n) is 7.27. The van der Waals surface area contributed by atoms with Crippen molar-refractivity contribution in [1.29, 1.82) is 0 Å². The van der Waals surface area contributed by atoms with E-state index < -0.39 is 16.1 Å². The maximum absolute atomic E-state index is 12.8. The molecular formula is C17H24FeO4Si2. The Balaban J connectivity index is -0.000000569. The fraction of sp³-hybridized carbons (Fsp3) is 0.529. The van der Waals surface area contributed by atoms with Crippen LogP contribution in [0.4, 0.5) is 0 Å². The molecule has 0 aromatic carbocycles. The molecule has 0 unspecified atom stereocenters. The van der Waals surface area contributed by atoms with E-state index in [-0.39, 0.29) is 17.1 Å². The van der Waals surface area contributed by atoms with Gasteiger partial charge >= 0.3 is 33.9 Å². The molecule has 0 saturated heterocycles. The van der Waals surface area contributed by atoms with E-state index in [1.165, 1.54) is 28.0 Å². The van der Waals surface area contributed by atoms with Gasteiger partial charge in [-0.3, -0.25) is 4.79 Å². The standard InChI is InChI=1S/C14H24OSi2.3CO.Fe/c1-16(2,3)13-10-8-7-9-11(10)14(12(13)15)17(4,5)6;3*1-2;/h7-9H2,1-6H3;;;;. The van der Waals surface area contributed by atoms with Crippen molar-refractivity contribution in [2.45, 2.75) is 58.5 Å². The molecule has 7 heteroatoms. The van der Waals surface area contributed by atoms with Crippen LogP contribution in [0, 0.1) is 20.0 Å². The fourth-order valence-electron chi connectivity index (χ4n) is 3.28. The van der Waals surface area contributed by atoms with E-state index in [1.807, 2.05) is 0 Å². The first-order valence-corrected chi connectivity index (χ1v) is 14.3. The summed E-state index contributed by atoms with van der Waals surface area (Å²) in [6.07, 6.45) is 3.59. The average molecular weight is 404 g/mol. The molecule has 24 heavy (non-hydrogen) atoms. The van der Waals surface area contributed by atoms with Crippen LogP contribution in [-0.4, -0.2) is 21.9 Å². The third-order valence-electron chi connectivity index (χ3n) is 3.78. The molecule has 0 amide bonds. The van der Waals surface area contributed by atoms with Crippen molar-refractivity contribution in [2.24, 2.45) is 0 Å². The van der Waals surface area contributed by atoms with Crippen molar-refractivity contribution >= 4 is 21.9 Å². The van der Waals surface area contributed by atoms with Crippen molar-refractivity contribution in [3.63, 3.8) is 0 Å².